The molecule has 0 bridgehead atoms. The monoisotopic (exact) mass is 334 g/mol. The zero-order valence-corrected chi connectivity index (χ0v) is 13.5. The number of carbonyl (C=O) groups is 1. The second-order valence-electron chi connectivity index (χ2n) is 5.62. The summed E-state index contributed by atoms with van der Waals surface area (Å²) < 4.78 is 0. The lowest BCUT2D eigenvalue weighted by Crippen LogP contribution is -2.43. The summed E-state index contributed by atoms with van der Waals surface area (Å²) in [5.41, 5.74) is 1.02. The van der Waals surface area contributed by atoms with Gasteiger partial charge in [-0.25, -0.2) is 4.98 Å². The number of halogens is 1. The SMILES string of the molecule is O=C(NCCc1cnc[nH]1)[C@H]1CCCN(c2ccc(Cl)nn2)C1. The maximum Gasteiger partial charge on any atom is 0.224 e. The fourth-order valence-corrected chi connectivity index (χ4v) is 2.86. The number of rotatable bonds is 5. The normalized spacial score (nSPS) is 18.0. The van der Waals surface area contributed by atoms with E-state index in [9.17, 15) is 4.79 Å². The van der Waals surface area contributed by atoms with Crippen molar-refractivity contribution in [3.05, 3.63) is 35.5 Å². The Morgan fingerprint density at radius 2 is 2.35 bits per heavy atom. The lowest BCUT2D eigenvalue weighted by molar-refractivity contribution is -0.125. The summed E-state index contributed by atoms with van der Waals surface area (Å²) in [6, 6.07) is 3.56. The minimum atomic E-state index is -0.0250. The molecule has 1 amide bonds. The van der Waals surface area contributed by atoms with E-state index in [1.807, 2.05) is 6.07 Å². The number of H-pyrrole nitrogens is 1. The Kier molecular flexibility index (Phi) is 5.07. The van der Waals surface area contributed by atoms with Crippen LogP contribution in [-0.4, -0.2) is 45.7 Å². The van der Waals surface area contributed by atoms with E-state index in [1.54, 1.807) is 18.6 Å². The highest BCUT2D eigenvalue weighted by Gasteiger charge is 2.26. The average Bonchev–Trinajstić information content (AvgIpc) is 3.09. The van der Waals surface area contributed by atoms with Crippen LogP contribution in [-0.2, 0) is 11.2 Å². The van der Waals surface area contributed by atoms with Gasteiger partial charge in [0.15, 0.2) is 11.0 Å². The molecule has 0 unspecified atom stereocenters. The first-order chi connectivity index (χ1) is 11.2. The van der Waals surface area contributed by atoms with Crippen LogP contribution < -0.4 is 10.2 Å². The van der Waals surface area contributed by atoms with Crippen LogP contribution in [0.25, 0.3) is 0 Å². The fraction of sp³-hybridized carbons (Fsp3) is 0.467. The van der Waals surface area contributed by atoms with E-state index in [1.165, 1.54) is 0 Å². The molecule has 23 heavy (non-hydrogen) atoms. The van der Waals surface area contributed by atoms with Crippen molar-refractivity contribution in [1.82, 2.24) is 25.5 Å². The number of imidazole rings is 1. The van der Waals surface area contributed by atoms with Gasteiger partial charge >= 0.3 is 0 Å². The Balaban J connectivity index is 1.51. The highest BCUT2D eigenvalue weighted by atomic mass is 35.5. The molecule has 0 saturated carbocycles. The third-order valence-corrected chi connectivity index (χ3v) is 4.18. The van der Waals surface area contributed by atoms with Crippen LogP contribution in [0.3, 0.4) is 0 Å². The highest BCUT2D eigenvalue weighted by Crippen LogP contribution is 2.21. The quantitative estimate of drug-likeness (QED) is 0.863. The van der Waals surface area contributed by atoms with Crippen LogP contribution >= 0.6 is 11.6 Å². The maximum absolute atomic E-state index is 12.3. The molecule has 7 nitrogen and oxygen atoms in total. The number of hydrogen-bond acceptors (Lipinski definition) is 5. The number of aromatic nitrogens is 4. The molecule has 1 atom stereocenters. The second-order valence-corrected chi connectivity index (χ2v) is 6.00. The van der Waals surface area contributed by atoms with Crippen molar-refractivity contribution >= 4 is 23.3 Å². The Hall–Kier alpha value is -2.15. The van der Waals surface area contributed by atoms with Crippen molar-refractivity contribution < 1.29 is 4.79 Å². The van der Waals surface area contributed by atoms with E-state index in [-0.39, 0.29) is 11.8 Å². The van der Waals surface area contributed by atoms with E-state index < -0.39 is 0 Å². The van der Waals surface area contributed by atoms with E-state index in [4.69, 9.17) is 11.6 Å². The molecule has 1 saturated heterocycles. The van der Waals surface area contributed by atoms with Crippen LogP contribution in [0.15, 0.2) is 24.7 Å². The zero-order chi connectivity index (χ0) is 16.1. The molecule has 2 aromatic heterocycles. The highest BCUT2D eigenvalue weighted by molar-refractivity contribution is 6.29. The van der Waals surface area contributed by atoms with Gasteiger partial charge < -0.3 is 15.2 Å². The minimum absolute atomic E-state index is 0.0250. The summed E-state index contributed by atoms with van der Waals surface area (Å²) in [7, 11) is 0. The summed E-state index contributed by atoms with van der Waals surface area (Å²) in [5, 5.41) is 11.3. The number of hydrogen-bond donors (Lipinski definition) is 2. The van der Waals surface area contributed by atoms with Gasteiger partial charge in [0.1, 0.15) is 0 Å². The second kappa shape index (κ2) is 7.41. The average molecular weight is 335 g/mol. The van der Waals surface area contributed by atoms with Gasteiger partial charge in [-0.3, -0.25) is 4.79 Å². The molecule has 3 rings (SSSR count). The van der Waals surface area contributed by atoms with Crippen molar-refractivity contribution in [2.45, 2.75) is 19.3 Å². The molecular weight excluding hydrogens is 316 g/mol. The summed E-state index contributed by atoms with van der Waals surface area (Å²) in [5.74, 6) is 0.837. The lowest BCUT2D eigenvalue weighted by atomic mass is 9.97. The topological polar surface area (TPSA) is 86.8 Å². The third kappa shape index (κ3) is 4.19. The number of nitrogens with one attached hydrogen (secondary N) is 2. The zero-order valence-electron chi connectivity index (χ0n) is 12.7. The third-order valence-electron chi connectivity index (χ3n) is 3.98. The van der Waals surface area contributed by atoms with Gasteiger partial charge in [-0.05, 0) is 25.0 Å². The van der Waals surface area contributed by atoms with Crippen molar-refractivity contribution in [2.75, 3.05) is 24.5 Å². The van der Waals surface area contributed by atoms with Gasteiger partial charge in [0.2, 0.25) is 5.91 Å². The predicted molar refractivity (Wildman–Crippen MR) is 87.3 cm³/mol. The Morgan fingerprint density at radius 3 is 3.09 bits per heavy atom. The largest absolute Gasteiger partial charge is 0.355 e. The predicted octanol–water partition coefficient (Wildman–Crippen LogP) is 1.43. The van der Waals surface area contributed by atoms with Crippen LogP contribution in [0.5, 0.6) is 0 Å². The Morgan fingerprint density at radius 1 is 1.43 bits per heavy atom. The molecule has 8 heteroatoms. The van der Waals surface area contributed by atoms with E-state index in [0.29, 0.717) is 18.2 Å². The Labute approximate surface area is 139 Å². The molecule has 0 aliphatic carbocycles. The number of piperidine rings is 1. The molecule has 1 aliphatic heterocycles. The first-order valence-electron chi connectivity index (χ1n) is 7.71. The number of carbonyl (C=O) groups excluding carboxylic acids is 1. The van der Waals surface area contributed by atoms with Crippen molar-refractivity contribution in [3.8, 4) is 0 Å². The van der Waals surface area contributed by atoms with Gasteiger partial charge in [0.25, 0.3) is 0 Å². The van der Waals surface area contributed by atoms with Gasteiger partial charge in [-0.1, -0.05) is 11.6 Å². The van der Waals surface area contributed by atoms with Crippen molar-refractivity contribution in [1.29, 1.82) is 0 Å². The van der Waals surface area contributed by atoms with Crippen molar-refractivity contribution in [3.63, 3.8) is 0 Å². The summed E-state index contributed by atoms with van der Waals surface area (Å²) >= 11 is 5.77. The molecular formula is C15H19ClN6O. The fourth-order valence-electron chi connectivity index (χ4n) is 2.76. The van der Waals surface area contributed by atoms with Gasteiger partial charge in [0, 0.05) is 37.9 Å². The lowest BCUT2D eigenvalue weighted by Gasteiger charge is -2.32. The van der Waals surface area contributed by atoms with E-state index in [0.717, 1.165) is 37.3 Å². The summed E-state index contributed by atoms with van der Waals surface area (Å²) in [6.45, 7) is 2.15. The van der Waals surface area contributed by atoms with E-state index >= 15 is 0 Å². The smallest absolute Gasteiger partial charge is 0.224 e. The molecule has 122 valence electrons. The van der Waals surface area contributed by atoms with Crippen molar-refractivity contribution in [2.24, 2.45) is 5.92 Å². The molecule has 3 heterocycles. The number of aromatic amines is 1. The molecule has 0 radical (unpaired) electrons. The molecule has 1 aliphatic rings. The summed E-state index contributed by atoms with van der Waals surface area (Å²) in [6.07, 6.45) is 6.03. The molecule has 0 aromatic carbocycles. The maximum atomic E-state index is 12.3. The molecule has 1 fully saturated rings. The van der Waals surface area contributed by atoms with Crippen LogP contribution in [0, 0.1) is 5.92 Å². The van der Waals surface area contributed by atoms with Crippen LogP contribution in [0.2, 0.25) is 5.15 Å². The van der Waals surface area contributed by atoms with Gasteiger partial charge in [-0.2, -0.15) is 0 Å². The molecule has 2 N–H and O–H groups in total. The molecule has 2 aromatic rings. The number of amides is 1. The standard InChI is InChI=1S/C15H19ClN6O/c16-13-3-4-14(21-20-13)22-7-1-2-11(9-22)15(23)18-6-5-12-8-17-10-19-12/h3-4,8,10-11H,1-2,5-7,9H2,(H,17,19)(H,18,23)/t11-/m0/s1. The van der Waals surface area contributed by atoms with Gasteiger partial charge in [0.05, 0.1) is 12.2 Å². The first-order valence-corrected chi connectivity index (χ1v) is 8.09. The number of nitrogens with zero attached hydrogens (tertiary/aromatic N) is 4. The first kappa shape index (κ1) is 15.7. The van der Waals surface area contributed by atoms with Crippen LogP contribution in [0.4, 0.5) is 5.82 Å². The minimum Gasteiger partial charge on any atom is -0.355 e. The Bertz CT molecular complexity index is 630. The van der Waals surface area contributed by atoms with Gasteiger partial charge in [-0.15, -0.1) is 10.2 Å². The number of anilines is 1. The van der Waals surface area contributed by atoms with E-state index in [2.05, 4.69) is 30.4 Å². The summed E-state index contributed by atoms with van der Waals surface area (Å²) in [4.78, 5) is 21.4. The molecule has 0 spiro atoms. The van der Waals surface area contributed by atoms with Crippen LogP contribution in [0.1, 0.15) is 18.5 Å².